The summed E-state index contributed by atoms with van der Waals surface area (Å²) < 4.78 is 27.1. The van der Waals surface area contributed by atoms with Crippen molar-refractivity contribution >= 4 is 44.8 Å². The van der Waals surface area contributed by atoms with E-state index in [0.29, 0.717) is 46.4 Å². The fourth-order valence-electron chi connectivity index (χ4n) is 2.31. The molecule has 0 saturated carbocycles. The van der Waals surface area contributed by atoms with E-state index in [-0.39, 0.29) is 18.1 Å². The summed E-state index contributed by atoms with van der Waals surface area (Å²) in [6.07, 6.45) is 0.927. The molecule has 0 heterocycles. The van der Waals surface area contributed by atoms with Crippen molar-refractivity contribution < 1.29 is 13.2 Å². The lowest BCUT2D eigenvalue weighted by atomic mass is 10.2. The summed E-state index contributed by atoms with van der Waals surface area (Å²) in [6, 6.07) is 11.3. The molecule has 0 aromatic heterocycles. The first-order valence-corrected chi connectivity index (χ1v) is 10.7. The van der Waals surface area contributed by atoms with Crippen molar-refractivity contribution in [1.82, 2.24) is 5.32 Å². The fraction of sp³-hybridized carbons (Fsp3) is 0.278. The third kappa shape index (κ3) is 6.70. The van der Waals surface area contributed by atoms with E-state index in [2.05, 4.69) is 10.0 Å². The van der Waals surface area contributed by atoms with Crippen molar-refractivity contribution in [3.8, 4) is 0 Å². The third-order valence-electron chi connectivity index (χ3n) is 3.76. The molecule has 2 aromatic rings. The molecule has 9 heteroatoms. The summed E-state index contributed by atoms with van der Waals surface area (Å²) in [4.78, 5) is 11.9. The normalized spacial score (nSPS) is 11.2. The number of nitrogens with one attached hydrogen (secondary N) is 2. The Labute approximate surface area is 169 Å². The van der Waals surface area contributed by atoms with Crippen LogP contribution in [0.25, 0.3) is 0 Å². The van der Waals surface area contributed by atoms with Gasteiger partial charge < -0.3 is 11.1 Å². The molecule has 0 bridgehead atoms. The van der Waals surface area contributed by atoms with Gasteiger partial charge in [-0.25, -0.2) is 8.42 Å². The number of anilines is 1. The van der Waals surface area contributed by atoms with Crippen LogP contribution in [0.15, 0.2) is 42.5 Å². The maximum Gasteiger partial charge on any atom is 0.251 e. The lowest BCUT2D eigenvalue weighted by Crippen LogP contribution is -2.26. The highest BCUT2D eigenvalue weighted by Gasteiger charge is 2.14. The van der Waals surface area contributed by atoms with Gasteiger partial charge in [0.1, 0.15) is 0 Å². The number of rotatable bonds is 9. The van der Waals surface area contributed by atoms with Crippen LogP contribution in [0, 0.1) is 0 Å². The lowest BCUT2D eigenvalue weighted by Gasteiger charge is -2.10. The number of carbonyl (C=O) groups excluding carboxylic acids is 1. The summed E-state index contributed by atoms with van der Waals surface area (Å²) in [5.41, 5.74) is 6.87. The highest BCUT2D eigenvalue weighted by molar-refractivity contribution is 7.92. The Bertz CT molecular complexity index is 887. The van der Waals surface area contributed by atoms with Crippen molar-refractivity contribution in [2.24, 2.45) is 5.73 Å². The van der Waals surface area contributed by atoms with E-state index in [0.717, 1.165) is 0 Å². The Morgan fingerprint density at radius 2 is 1.78 bits per heavy atom. The minimum Gasteiger partial charge on any atom is -0.352 e. The summed E-state index contributed by atoms with van der Waals surface area (Å²) in [6.45, 7) is 0.997. The largest absolute Gasteiger partial charge is 0.352 e. The number of carbonyl (C=O) groups is 1. The van der Waals surface area contributed by atoms with E-state index in [1.54, 1.807) is 42.5 Å². The number of hydrogen-bond acceptors (Lipinski definition) is 4. The standard InChI is InChI=1S/C18H21Cl2N3O3S/c19-16-4-1-3-13(17(16)20)9-12-27(25,26)23-15-7-5-14(6-8-15)18(24)22-11-2-10-21/h1,3-8,23H,2,9-12,21H2,(H,22,24). The van der Waals surface area contributed by atoms with Gasteiger partial charge in [-0.1, -0.05) is 35.3 Å². The minimum atomic E-state index is -3.58. The molecule has 2 aromatic carbocycles. The fourth-order valence-corrected chi connectivity index (χ4v) is 3.81. The van der Waals surface area contributed by atoms with Crippen molar-refractivity contribution in [3.05, 3.63) is 63.6 Å². The number of sulfonamides is 1. The average Bonchev–Trinajstić information content (AvgIpc) is 2.63. The number of hydrogen-bond donors (Lipinski definition) is 3. The summed E-state index contributed by atoms with van der Waals surface area (Å²) in [7, 11) is -3.58. The Morgan fingerprint density at radius 3 is 2.44 bits per heavy atom. The highest BCUT2D eigenvalue weighted by Crippen LogP contribution is 2.26. The number of benzene rings is 2. The van der Waals surface area contributed by atoms with E-state index in [4.69, 9.17) is 28.9 Å². The Kier molecular flexibility index (Phi) is 7.91. The molecule has 0 aliphatic carbocycles. The van der Waals surface area contributed by atoms with Gasteiger partial charge in [0.25, 0.3) is 5.91 Å². The van der Waals surface area contributed by atoms with Crippen LogP contribution in [0.3, 0.4) is 0 Å². The third-order valence-corrected chi connectivity index (χ3v) is 5.90. The number of nitrogens with two attached hydrogens (primary N) is 1. The monoisotopic (exact) mass is 429 g/mol. The second-order valence-corrected chi connectivity index (χ2v) is 8.49. The van der Waals surface area contributed by atoms with E-state index >= 15 is 0 Å². The van der Waals surface area contributed by atoms with Gasteiger partial charge in [-0.15, -0.1) is 0 Å². The maximum absolute atomic E-state index is 12.3. The van der Waals surface area contributed by atoms with Gasteiger partial charge in [-0.05, 0) is 55.3 Å². The van der Waals surface area contributed by atoms with Crippen LogP contribution in [0.4, 0.5) is 5.69 Å². The lowest BCUT2D eigenvalue weighted by molar-refractivity contribution is 0.0953. The number of halogens is 2. The summed E-state index contributed by atoms with van der Waals surface area (Å²) in [5, 5.41) is 3.48. The van der Waals surface area contributed by atoms with E-state index in [9.17, 15) is 13.2 Å². The van der Waals surface area contributed by atoms with Crippen LogP contribution in [0.2, 0.25) is 10.0 Å². The quantitative estimate of drug-likeness (QED) is 0.533. The maximum atomic E-state index is 12.3. The van der Waals surface area contributed by atoms with Gasteiger partial charge in [0.2, 0.25) is 10.0 Å². The molecule has 0 atom stereocenters. The predicted molar refractivity (Wildman–Crippen MR) is 110 cm³/mol. The van der Waals surface area contributed by atoms with Crippen LogP contribution in [0.5, 0.6) is 0 Å². The zero-order valence-corrected chi connectivity index (χ0v) is 16.9. The SMILES string of the molecule is NCCCNC(=O)c1ccc(NS(=O)(=O)CCc2cccc(Cl)c2Cl)cc1. The molecule has 6 nitrogen and oxygen atoms in total. The first-order chi connectivity index (χ1) is 12.8. The molecule has 0 radical (unpaired) electrons. The zero-order valence-electron chi connectivity index (χ0n) is 14.5. The molecule has 0 fully saturated rings. The second-order valence-electron chi connectivity index (χ2n) is 5.86. The molecule has 0 aliphatic rings. The van der Waals surface area contributed by atoms with Crippen LogP contribution >= 0.6 is 23.2 Å². The van der Waals surface area contributed by atoms with Gasteiger partial charge >= 0.3 is 0 Å². The van der Waals surface area contributed by atoms with Crippen molar-refractivity contribution in [2.45, 2.75) is 12.8 Å². The van der Waals surface area contributed by atoms with Crippen LogP contribution in [-0.4, -0.2) is 33.2 Å². The first kappa shape index (κ1) is 21.5. The van der Waals surface area contributed by atoms with Gasteiger partial charge in [0, 0.05) is 17.8 Å². The molecule has 0 unspecified atom stereocenters. The zero-order chi connectivity index (χ0) is 19.9. The number of aryl methyl sites for hydroxylation is 1. The van der Waals surface area contributed by atoms with Gasteiger partial charge in [-0.2, -0.15) is 0 Å². The second kappa shape index (κ2) is 9.94. The molecule has 0 aliphatic heterocycles. The van der Waals surface area contributed by atoms with E-state index in [1.165, 1.54) is 0 Å². The van der Waals surface area contributed by atoms with Crippen LogP contribution in [-0.2, 0) is 16.4 Å². The summed E-state index contributed by atoms with van der Waals surface area (Å²) in [5.74, 6) is -0.373. The molecule has 2 rings (SSSR count). The number of amides is 1. The molecular weight excluding hydrogens is 409 g/mol. The highest BCUT2D eigenvalue weighted by atomic mass is 35.5. The van der Waals surface area contributed by atoms with Gasteiger partial charge in [-0.3, -0.25) is 9.52 Å². The molecule has 27 heavy (non-hydrogen) atoms. The predicted octanol–water partition coefficient (Wildman–Crippen LogP) is 3.06. The van der Waals surface area contributed by atoms with Crippen molar-refractivity contribution in [1.29, 1.82) is 0 Å². The molecule has 1 amide bonds. The molecule has 0 spiro atoms. The first-order valence-electron chi connectivity index (χ1n) is 8.34. The van der Waals surface area contributed by atoms with E-state index in [1.807, 2.05) is 0 Å². The Hall–Kier alpha value is -1.80. The van der Waals surface area contributed by atoms with Crippen LogP contribution < -0.4 is 15.8 Å². The van der Waals surface area contributed by atoms with Gasteiger partial charge in [0.15, 0.2) is 0 Å². The minimum absolute atomic E-state index is 0.144. The van der Waals surface area contributed by atoms with Crippen molar-refractivity contribution in [2.75, 3.05) is 23.6 Å². The average molecular weight is 430 g/mol. The molecule has 0 saturated heterocycles. The molecule has 4 N–H and O–H groups in total. The Morgan fingerprint density at radius 1 is 1.07 bits per heavy atom. The van der Waals surface area contributed by atoms with Gasteiger partial charge in [0.05, 0.1) is 15.8 Å². The summed E-state index contributed by atoms with van der Waals surface area (Å²) >= 11 is 12.0. The smallest absolute Gasteiger partial charge is 0.251 e. The Balaban J connectivity index is 1.95. The van der Waals surface area contributed by atoms with E-state index < -0.39 is 10.0 Å². The van der Waals surface area contributed by atoms with Crippen LogP contribution in [0.1, 0.15) is 22.3 Å². The molecule has 146 valence electrons. The molecular formula is C18H21Cl2N3O3S. The van der Waals surface area contributed by atoms with Crippen molar-refractivity contribution in [3.63, 3.8) is 0 Å². The topological polar surface area (TPSA) is 101 Å².